The van der Waals surface area contributed by atoms with Crippen molar-refractivity contribution in [2.24, 2.45) is 0 Å². The second kappa shape index (κ2) is 12.9. The number of anilines is 6. The van der Waals surface area contributed by atoms with Crippen LogP contribution >= 0.6 is 23.5 Å². The molecule has 2 aromatic heterocycles. The normalized spacial score (nSPS) is 12.8. The van der Waals surface area contributed by atoms with Crippen LogP contribution in [0.25, 0.3) is 33.4 Å². The molecular formula is C46H30N4S2. The van der Waals surface area contributed by atoms with Crippen LogP contribution in [0.4, 0.5) is 34.1 Å². The fourth-order valence-corrected chi connectivity index (χ4v) is 9.38. The van der Waals surface area contributed by atoms with Crippen LogP contribution < -0.4 is 9.80 Å². The highest BCUT2D eigenvalue weighted by molar-refractivity contribution is 8.00. The predicted molar refractivity (Wildman–Crippen MR) is 216 cm³/mol. The quantitative estimate of drug-likeness (QED) is 0.178. The molecule has 0 amide bonds. The zero-order valence-electron chi connectivity index (χ0n) is 27.9. The van der Waals surface area contributed by atoms with E-state index in [0.29, 0.717) is 0 Å². The SMILES string of the molecule is c1ccc2c(c1)Sc1ccccc1N2c1ccc(-c2ccncc2-c2cnccc2-c2ccc(N3c4ccccc4Sc4ccccc43)cc2)cc1. The Hall–Kier alpha value is -6.08. The van der Waals surface area contributed by atoms with Crippen molar-refractivity contribution in [3.05, 3.63) is 183 Å². The van der Waals surface area contributed by atoms with Crippen LogP contribution in [0.3, 0.4) is 0 Å². The number of pyridine rings is 2. The fraction of sp³-hybridized carbons (Fsp3) is 0. The molecular weight excluding hydrogens is 673 g/mol. The van der Waals surface area contributed by atoms with Gasteiger partial charge in [0.25, 0.3) is 0 Å². The van der Waals surface area contributed by atoms with E-state index in [2.05, 4.69) is 177 Å². The van der Waals surface area contributed by atoms with Crippen molar-refractivity contribution in [1.82, 2.24) is 9.97 Å². The molecule has 0 radical (unpaired) electrons. The molecule has 2 aliphatic heterocycles. The number of hydrogen-bond acceptors (Lipinski definition) is 6. The lowest BCUT2D eigenvalue weighted by Gasteiger charge is -2.33. The molecule has 52 heavy (non-hydrogen) atoms. The van der Waals surface area contributed by atoms with Gasteiger partial charge in [0.1, 0.15) is 0 Å². The van der Waals surface area contributed by atoms with E-state index in [9.17, 15) is 0 Å². The monoisotopic (exact) mass is 702 g/mol. The average Bonchev–Trinajstić information content (AvgIpc) is 3.22. The van der Waals surface area contributed by atoms with E-state index >= 15 is 0 Å². The van der Waals surface area contributed by atoms with E-state index in [4.69, 9.17) is 0 Å². The summed E-state index contributed by atoms with van der Waals surface area (Å²) in [5.74, 6) is 0. The van der Waals surface area contributed by atoms with Crippen LogP contribution in [0.1, 0.15) is 0 Å². The smallest absolute Gasteiger partial charge is 0.0601 e. The summed E-state index contributed by atoms with van der Waals surface area (Å²) >= 11 is 3.65. The second-order valence-electron chi connectivity index (χ2n) is 12.7. The van der Waals surface area contributed by atoms with Gasteiger partial charge in [0.05, 0.1) is 22.7 Å². The molecule has 4 nitrogen and oxygen atoms in total. The molecule has 4 heterocycles. The minimum atomic E-state index is 1.04. The maximum atomic E-state index is 4.59. The van der Waals surface area contributed by atoms with Crippen molar-refractivity contribution in [1.29, 1.82) is 0 Å². The molecule has 0 saturated carbocycles. The first-order valence-corrected chi connectivity index (χ1v) is 18.8. The molecule has 0 fully saturated rings. The van der Waals surface area contributed by atoms with E-state index < -0.39 is 0 Å². The number of nitrogens with zero attached hydrogens (tertiary/aromatic N) is 4. The molecule has 10 rings (SSSR count). The number of aromatic nitrogens is 2. The lowest BCUT2D eigenvalue weighted by atomic mass is 9.92. The third kappa shape index (κ3) is 5.27. The van der Waals surface area contributed by atoms with E-state index in [0.717, 1.165) is 44.8 Å². The Kier molecular flexibility index (Phi) is 7.63. The Bertz CT molecular complexity index is 2330. The topological polar surface area (TPSA) is 32.3 Å². The summed E-state index contributed by atoms with van der Waals surface area (Å²) in [6.07, 6.45) is 7.68. The van der Waals surface area contributed by atoms with Gasteiger partial charge < -0.3 is 9.80 Å². The van der Waals surface area contributed by atoms with Crippen LogP contribution in [0.2, 0.25) is 0 Å². The maximum Gasteiger partial charge on any atom is 0.0601 e. The molecule has 0 atom stereocenters. The fourth-order valence-electron chi connectivity index (χ4n) is 7.27. The van der Waals surface area contributed by atoms with Gasteiger partial charge in [-0.3, -0.25) is 9.97 Å². The molecule has 0 saturated heterocycles. The van der Waals surface area contributed by atoms with Gasteiger partial charge in [-0.15, -0.1) is 0 Å². The summed E-state index contributed by atoms with van der Waals surface area (Å²) < 4.78 is 0. The van der Waals surface area contributed by atoms with Gasteiger partial charge >= 0.3 is 0 Å². The Morgan fingerprint density at radius 1 is 0.327 bits per heavy atom. The maximum absolute atomic E-state index is 4.59. The molecule has 0 unspecified atom stereocenters. The Balaban J connectivity index is 1.01. The van der Waals surface area contributed by atoms with Crippen LogP contribution in [0, 0.1) is 0 Å². The summed E-state index contributed by atoms with van der Waals surface area (Å²) in [6.45, 7) is 0. The van der Waals surface area contributed by atoms with E-state index in [1.807, 2.05) is 48.3 Å². The highest BCUT2D eigenvalue weighted by atomic mass is 32.2. The van der Waals surface area contributed by atoms with Crippen molar-refractivity contribution in [2.75, 3.05) is 9.80 Å². The Labute approximate surface area is 311 Å². The van der Waals surface area contributed by atoms with E-state index in [-0.39, 0.29) is 0 Å². The highest BCUT2D eigenvalue weighted by Gasteiger charge is 2.26. The van der Waals surface area contributed by atoms with Crippen molar-refractivity contribution in [2.45, 2.75) is 19.6 Å². The summed E-state index contributed by atoms with van der Waals surface area (Å²) in [4.78, 5) is 18.9. The lowest BCUT2D eigenvalue weighted by molar-refractivity contribution is 1.17. The summed E-state index contributed by atoms with van der Waals surface area (Å²) in [6, 6.07) is 56.5. The van der Waals surface area contributed by atoms with Gasteiger partial charge in [-0.1, -0.05) is 96.3 Å². The van der Waals surface area contributed by atoms with Gasteiger partial charge in [0.2, 0.25) is 0 Å². The standard InChI is InChI=1S/C46H30N4S2/c1-5-13-43-39(9-1)49(40-10-2-6-14-44(40)51-43)33-21-17-31(18-22-33)35-25-27-47-29-37(35)38-30-48-28-26-36(38)32-19-23-34(24-20-32)50-41-11-3-7-15-45(41)52-46-16-8-4-12-42(46)50/h1-30H. The third-order valence-electron chi connectivity index (χ3n) is 9.67. The minimum absolute atomic E-state index is 1.04. The van der Waals surface area contributed by atoms with Crippen molar-refractivity contribution >= 4 is 57.6 Å². The first-order chi connectivity index (χ1) is 25.8. The molecule has 246 valence electrons. The van der Waals surface area contributed by atoms with Crippen molar-refractivity contribution in [3.8, 4) is 33.4 Å². The van der Waals surface area contributed by atoms with Gasteiger partial charge in [-0.25, -0.2) is 0 Å². The van der Waals surface area contributed by atoms with Crippen LogP contribution in [0.5, 0.6) is 0 Å². The Morgan fingerprint density at radius 2 is 0.654 bits per heavy atom. The highest BCUT2D eigenvalue weighted by Crippen LogP contribution is 2.53. The zero-order valence-corrected chi connectivity index (χ0v) is 29.6. The van der Waals surface area contributed by atoms with Gasteiger partial charge in [-0.2, -0.15) is 0 Å². The van der Waals surface area contributed by atoms with E-state index in [1.165, 1.54) is 42.3 Å². The number of para-hydroxylation sites is 4. The molecule has 0 aliphatic carbocycles. The summed E-state index contributed by atoms with van der Waals surface area (Å²) in [7, 11) is 0. The molecule has 0 bridgehead atoms. The molecule has 2 aliphatic rings. The lowest BCUT2D eigenvalue weighted by Crippen LogP contribution is -2.14. The number of benzene rings is 6. The first kappa shape index (κ1) is 30.7. The number of hydrogen-bond donors (Lipinski definition) is 0. The second-order valence-corrected chi connectivity index (χ2v) is 14.8. The molecule has 6 heteroatoms. The minimum Gasteiger partial charge on any atom is -0.308 e. The van der Waals surface area contributed by atoms with Crippen molar-refractivity contribution < 1.29 is 0 Å². The van der Waals surface area contributed by atoms with Crippen molar-refractivity contribution in [3.63, 3.8) is 0 Å². The summed E-state index contributed by atoms with van der Waals surface area (Å²) in [5, 5.41) is 0. The molecule has 8 aromatic rings. The molecule has 6 aromatic carbocycles. The van der Waals surface area contributed by atoms with E-state index in [1.54, 1.807) is 0 Å². The zero-order chi connectivity index (χ0) is 34.4. The number of fused-ring (bicyclic) bond motifs is 4. The van der Waals surface area contributed by atoms with Gasteiger partial charge in [0, 0.05) is 66.9 Å². The average molecular weight is 703 g/mol. The van der Waals surface area contributed by atoms with Crippen LogP contribution in [-0.4, -0.2) is 9.97 Å². The number of rotatable bonds is 5. The molecule has 0 N–H and O–H groups in total. The van der Waals surface area contributed by atoms with Crippen LogP contribution in [-0.2, 0) is 0 Å². The van der Waals surface area contributed by atoms with Gasteiger partial charge in [0.15, 0.2) is 0 Å². The third-order valence-corrected chi connectivity index (χ3v) is 11.9. The van der Waals surface area contributed by atoms with Crippen LogP contribution in [0.15, 0.2) is 202 Å². The van der Waals surface area contributed by atoms with Gasteiger partial charge in [-0.05, 0) is 107 Å². The predicted octanol–water partition coefficient (Wildman–Crippen LogP) is 13.3. The first-order valence-electron chi connectivity index (χ1n) is 17.2. The largest absolute Gasteiger partial charge is 0.308 e. The Morgan fingerprint density at radius 3 is 1.00 bits per heavy atom. The summed E-state index contributed by atoms with van der Waals surface area (Å²) in [5.41, 5.74) is 13.6. The molecule has 0 spiro atoms.